The van der Waals surface area contributed by atoms with Crippen LogP contribution in [0.5, 0.6) is 23.1 Å². The highest BCUT2D eigenvalue weighted by molar-refractivity contribution is 6.32. The average molecular weight is 834 g/mol. The summed E-state index contributed by atoms with van der Waals surface area (Å²) in [5.74, 6) is -0.579. The number of halogens is 1. The van der Waals surface area contributed by atoms with Gasteiger partial charge >= 0.3 is 11.9 Å². The van der Waals surface area contributed by atoms with Gasteiger partial charge in [-0.25, -0.2) is 14.6 Å². The number of benzene rings is 4. The maximum atomic E-state index is 13.4. The van der Waals surface area contributed by atoms with E-state index in [2.05, 4.69) is 103 Å². The van der Waals surface area contributed by atoms with E-state index < -0.39 is 11.9 Å². The molecule has 1 aromatic heterocycles. The summed E-state index contributed by atoms with van der Waals surface area (Å²) in [5.41, 5.74) is 8.52. The van der Waals surface area contributed by atoms with Crippen LogP contribution in [-0.4, -0.2) is 75.6 Å². The Kier molecular flexibility index (Phi) is 16.3. The van der Waals surface area contributed by atoms with Crippen molar-refractivity contribution >= 4 is 35.5 Å². The minimum Gasteiger partial charge on any atom is -0.493 e. The van der Waals surface area contributed by atoms with Gasteiger partial charge in [0.1, 0.15) is 18.1 Å². The lowest BCUT2D eigenvalue weighted by Gasteiger charge is -2.35. The Labute approximate surface area is 356 Å². The largest absolute Gasteiger partial charge is 0.493 e. The van der Waals surface area contributed by atoms with Gasteiger partial charge in [-0.05, 0) is 96.5 Å². The maximum absolute atomic E-state index is 13.4. The number of carboxylic acids is 2. The van der Waals surface area contributed by atoms with Crippen molar-refractivity contribution in [1.82, 2.24) is 14.8 Å². The van der Waals surface area contributed by atoms with Crippen molar-refractivity contribution in [3.8, 4) is 23.1 Å². The van der Waals surface area contributed by atoms with Crippen LogP contribution in [0.1, 0.15) is 65.6 Å². The van der Waals surface area contributed by atoms with Crippen molar-refractivity contribution in [3.63, 3.8) is 0 Å². The Balaban J connectivity index is 0.00000106. The molecule has 4 aromatic carbocycles. The minimum atomic E-state index is -1.82. The number of hydrogen-bond donors (Lipinski definition) is 2. The van der Waals surface area contributed by atoms with E-state index in [1.807, 2.05) is 43.0 Å². The van der Waals surface area contributed by atoms with Gasteiger partial charge in [0.2, 0.25) is 11.8 Å². The molecule has 1 aliphatic rings. The van der Waals surface area contributed by atoms with E-state index >= 15 is 0 Å². The van der Waals surface area contributed by atoms with Crippen LogP contribution < -0.4 is 14.2 Å². The second-order valence-electron chi connectivity index (χ2n) is 15.0. The van der Waals surface area contributed by atoms with E-state index in [1.165, 1.54) is 22.3 Å². The van der Waals surface area contributed by atoms with Crippen molar-refractivity contribution in [1.29, 1.82) is 0 Å². The van der Waals surface area contributed by atoms with E-state index in [0.29, 0.717) is 60.2 Å². The molecule has 1 amide bonds. The molecule has 1 fully saturated rings. The lowest BCUT2D eigenvalue weighted by molar-refractivity contribution is -0.159. The zero-order valence-electron chi connectivity index (χ0n) is 34.7. The number of aryl methyl sites for hydroxylation is 2. The van der Waals surface area contributed by atoms with Crippen molar-refractivity contribution in [2.75, 3.05) is 32.8 Å². The summed E-state index contributed by atoms with van der Waals surface area (Å²) in [7, 11) is 0. The normalized spacial score (nSPS) is 13.0. The highest BCUT2D eigenvalue weighted by atomic mass is 35.5. The molecule has 314 valence electrons. The number of aromatic nitrogens is 1. The molecule has 11 nitrogen and oxygen atoms in total. The quantitative estimate of drug-likeness (QED) is 0.0822. The van der Waals surface area contributed by atoms with Gasteiger partial charge in [0.05, 0.1) is 17.8 Å². The predicted octanol–water partition coefficient (Wildman–Crippen LogP) is 9.37. The number of aliphatic carboxylic acids is 2. The SMILES string of the molecule is C/C(=C\c1cc(C)c(Oc2ccc(OCc3ccc(C)cc3)cn2)c(Cl)c1)C(=O)N1CCN(Cc2ccc(CCOc3ccc(C(C)C)cc3)cc2)CC1.O=C(O)C(=O)O. The summed E-state index contributed by atoms with van der Waals surface area (Å²) in [5, 5.41) is 15.2. The fraction of sp³-hybridized carbons (Fsp3) is 0.292. The van der Waals surface area contributed by atoms with E-state index in [-0.39, 0.29) is 5.91 Å². The third-order valence-electron chi connectivity index (χ3n) is 9.89. The number of piperazine rings is 1. The fourth-order valence-corrected chi connectivity index (χ4v) is 6.73. The number of hydrogen-bond acceptors (Lipinski definition) is 8. The van der Waals surface area contributed by atoms with Gasteiger partial charge in [-0.1, -0.05) is 91.7 Å². The van der Waals surface area contributed by atoms with Crippen LogP contribution in [0.15, 0.2) is 109 Å². The van der Waals surface area contributed by atoms with Crippen LogP contribution >= 0.6 is 11.6 Å². The second-order valence-corrected chi connectivity index (χ2v) is 15.4. The summed E-state index contributed by atoms with van der Waals surface area (Å²) in [6.45, 7) is 15.3. The number of rotatable bonds is 14. The number of carbonyl (C=O) groups excluding carboxylic acids is 1. The van der Waals surface area contributed by atoms with Gasteiger partial charge in [0, 0.05) is 50.8 Å². The zero-order valence-corrected chi connectivity index (χ0v) is 35.4. The third-order valence-corrected chi connectivity index (χ3v) is 10.2. The Morgan fingerprint density at radius 1 is 0.783 bits per heavy atom. The molecule has 5 aromatic rings. The number of ether oxygens (including phenoxy) is 3. The Bertz CT molecular complexity index is 2200. The lowest BCUT2D eigenvalue weighted by Crippen LogP contribution is -2.48. The molecule has 6 rings (SSSR count). The molecule has 0 aliphatic carbocycles. The molecule has 0 radical (unpaired) electrons. The van der Waals surface area contributed by atoms with E-state index in [0.717, 1.165) is 48.5 Å². The van der Waals surface area contributed by atoms with Crippen LogP contribution in [0, 0.1) is 13.8 Å². The first kappa shape index (κ1) is 44.9. The molecule has 0 saturated carbocycles. The Morgan fingerprint density at radius 2 is 1.40 bits per heavy atom. The molecule has 1 aliphatic heterocycles. The molecule has 1 saturated heterocycles. The van der Waals surface area contributed by atoms with Gasteiger partial charge in [-0.15, -0.1) is 0 Å². The van der Waals surface area contributed by atoms with Crippen LogP contribution in [0.2, 0.25) is 5.02 Å². The topological polar surface area (TPSA) is 139 Å². The van der Waals surface area contributed by atoms with Crippen LogP contribution in [0.4, 0.5) is 0 Å². The smallest absolute Gasteiger partial charge is 0.414 e. The van der Waals surface area contributed by atoms with Crippen molar-refractivity contribution < 1.29 is 38.8 Å². The number of amides is 1. The molecule has 2 N–H and O–H groups in total. The summed E-state index contributed by atoms with van der Waals surface area (Å²) in [6.07, 6.45) is 4.40. The highest BCUT2D eigenvalue weighted by Gasteiger charge is 2.22. The number of nitrogens with zero attached hydrogens (tertiary/aromatic N) is 3. The molecular weight excluding hydrogens is 782 g/mol. The number of carboxylic acid groups (broad SMARTS) is 2. The van der Waals surface area contributed by atoms with Crippen molar-refractivity contribution in [2.45, 2.75) is 60.1 Å². The molecule has 60 heavy (non-hydrogen) atoms. The van der Waals surface area contributed by atoms with Crippen molar-refractivity contribution in [2.24, 2.45) is 0 Å². The Hall–Kier alpha value is -6.17. The molecule has 0 atom stereocenters. The summed E-state index contributed by atoms with van der Waals surface area (Å²) in [6, 6.07) is 32.8. The highest BCUT2D eigenvalue weighted by Crippen LogP contribution is 2.34. The molecule has 2 heterocycles. The monoisotopic (exact) mass is 833 g/mol. The maximum Gasteiger partial charge on any atom is 0.414 e. The number of carbonyl (C=O) groups is 3. The van der Waals surface area contributed by atoms with Crippen LogP contribution in [0.3, 0.4) is 0 Å². The van der Waals surface area contributed by atoms with Gasteiger partial charge in [0.15, 0.2) is 5.75 Å². The van der Waals surface area contributed by atoms with Gasteiger partial charge in [0.25, 0.3) is 0 Å². The minimum absolute atomic E-state index is 0.0417. The summed E-state index contributed by atoms with van der Waals surface area (Å²) in [4.78, 5) is 40.4. The van der Waals surface area contributed by atoms with Gasteiger partial charge in [-0.3, -0.25) is 9.69 Å². The van der Waals surface area contributed by atoms with Crippen molar-refractivity contribution in [3.05, 3.63) is 153 Å². The Morgan fingerprint density at radius 3 is 1.98 bits per heavy atom. The summed E-state index contributed by atoms with van der Waals surface area (Å²) >= 11 is 6.69. The standard InChI is InChI=1S/C46H50ClN3O4.C2H2O4/c1-32(2)40-14-16-41(17-15-40)52-25-20-36-10-12-37(13-11-36)30-49-21-23-50(24-22-49)46(51)35(5)27-39-26-34(4)45(43(47)28-39)54-44-19-18-42(29-48-44)53-31-38-8-6-33(3)7-9-38;3-1(4)2(5)6/h6-19,26-29,32H,20-25,30-31H2,1-5H3;(H,3,4)(H,5,6)/b35-27+;. The summed E-state index contributed by atoms with van der Waals surface area (Å²) < 4.78 is 17.9. The van der Waals surface area contributed by atoms with E-state index in [1.54, 1.807) is 12.3 Å². The first-order valence-corrected chi connectivity index (χ1v) is 20.2. The molecule has 0 unspecified atom stereocenters. The molecular formula is C48H52ClN3O8. The predicted molar refractivity (Wildman–Crippen MR) is 233 cm³/mol. The van der Waals surface area contributed by atoms with Gasteiger partial charge < -0.3 is 29.3 Å². The third kappa shape index (κ3) is 13.7. The molecule has 12 heteroatoms. The van der Waals surface area contributed by atoms with Crippen LogP contribution in [0.25, 0.3) is 6.08 Å². The van der Waals surface area contributed by atoms with Gasteiger partial charge in [-0.2, -0.15) is 0 Å². The first-order chi connectivity index (χ1) is 28.7. The fourth-order valence-electron chi connectivity index (χ4n) is 6.41. The first-order valence-electron chi connectivity index (χ1n) is 19.8. The number of pyridine rings is 1. The second kappa shape index (κ2) is 21.7. The zero-order chi connectivity index (χ0) is 43.2. The molecule has 0 bridgehead atoms. The van der Waals surface area contributed by atoms with Crippen LogP contribution in [-0.2, 0) is 34.0 Å². The molecule has 0 spiro atoms. The average Bonchev–Trinajstić information content (AvgIpc) is 3.23. The van der Waals surface area contributed by atoms with E-state index in [4.69, 9.17) is 45.6 Å². The van der Waals surface area contributed by atoms with E-state index in [9.17, 15) is 4.79 Å². The lowest BCUT2D eigenvalue weighted by atomic mass is 10.0.